The van der Waals surface area contributed by atoms with Crippen molar-refractivity contribution in [2.45, 2.75) is 85.5 Å². The number of rotatable bonds is 3. The van der Waals surface area contributed by atoms with Gasteiger partial charge in [-0.3, -0.25) is 0 Å². The molecule has 0 aliphatic heterocycles. The fraction of sp³-hybridized carbons (Fsp3) is 0.236. The molecule has 0 radical (unpaired) electrons. The van der Waals surface area contributed by atoms with E-state index in [1.54, 1.807) is 0 Å². The maximum atomic E-state index is 2.58. The number of nitrogens with zero attached hydrogens (tertiary/aromatic N) is 3. The zero-order chi connectivity index (χ0) is 40.2. The molecule has 0 aliphatic carbocycles. The van der Waals surface area contributed by atoms with Gasteiger partial charge in [0.1, 0.15) is 0 Å². The molecule has 0 spiro atoms. The standard InChI is InChI=1S/C55H51N3/c1-32-15-14-18-37(23-32)56(36-16-12-11-13-17-36)38-20-21-39-43-25-34(54(5,6)7)27-45-42-30-49-41(31-50(42)58(51(43)45)48(39)29-38)46-28-35(55(8,9)10)26-44-40-24-33(53(2,3)4)19-22-47(40)57(49)52(44)46/h11-31H,1-10H3. The lowest BCUT2D eigenvalue weighted by molar-refractivity contribution is 0.590. The second-order valence-corrected chi connectivity index (χ2v) is 20.1. The molecule has 0 amide bonds. The number of aryl methyl sites for hydroxylation is 1. The summed E-state index contributed by atoms with van der Waals surface area (Å²) in [4.78, 5) is 2.40. The van der Waals surface area contributed by atoms with E-state index >= 15 is 0 Å². The molecule has 0 atom stereocenters. The predicted molar refractivity (Wildman–Crippen MR) is 251 cm³/mol. The van der Waals surface area contributed by atoms with E-state index in [2.05, 4.69) is 210 Å². The van der Waals surface area contributed by atoms with Gasteiger partial charge < -0.3 is 13.7 Å². The Balaban J connectivity index is 1.29. The van der Waals surface area contributed by atoms with Crippen molar-refractivity contribution in [3.8, 4) is 0 Å². The minimum Gasteiger partial charge on any atom is -0.310 e. The Labute approximate surface area is 340 Å². The van der Waals surface area contributed by atoms with Gasteiger partial charge in [-0.05, 0) is 130 Å². The van der Waals surface area contributed by atoms with E-state index in [1.165, 1.54) is 98.4 Å². The SMILES string of the molecule is Cc1cccc(N(c2ccccc2)c2ccc3c4cc(C(C)(C)C)cc5c6cc7c(cc6n(c3c2)c45)c2cc(C(C)(C)C)cc3c4cc(C(C)(C)C)ccc4n7c32)c1. The number of fused-ring (bicyclic) bond motifs is 12. The normalized spacial score (nSPS) is 13.3. The first-order valence-corrected chi connectivity index (χ1v) is 20.9. The molecule has 3 nitrogen and oxygen atoms in total. The Bertz CT molecular complexity index is 3440. The van der Waals surface area contributed by atoms with E-state index in [0.29, 0.717) is 0 Å². The third-order valence-electron chi connectivity index (χ3n) is 13.0. The third-order valence-corrected chi connectivity index (χ3v) is 13.0. The minimum absolute atomic E-state index is 0.000933. The maximum Gasteiger partial charge on any atom is 0.0620 e. The molecule has 7 aromatic carbocycles. The lowest BCUT2D eigenvalue weighted by atomic mass is 9.84. The number of benzene rings is 7. The summed E-state index contributed by atoms with van der Waals surface area (Å²) < 4.78 is 5.15. The van der Waals surface area contributed by atoms with Crippen LogP contribution in [0.2, 0.25) is 0 Å². The third kappa shape index (κ3) is 4.92. The molecule has 0 fully saturated rings. The van der Waals surface area contributed by atoms with Crippen LogP contribution in [0, 0.1) is 6.92 Å². The molecule has 0 N–H and O–H groups in total. The van der Waals surface area contributed by atoms with Crippen LogP contribution >= 0.6 is 0 Å². The topological polar surface area (TPSA) is 12.1 Å². The van der Waals surface area contributed by atoms with Crippen LogP contribution in [0.15, 0.2) is 127 Å². The largest absolute Gasteiger partial charge is 0.310 e. The van der Waals surface area contributed by atoms with Gasteiger partial charge >= 0.3 is 0 Å². The van der Waals surface area contributed by atoms with E-state index in [4.69, 9.17) is 0 Å². The fourth-order valence-corrected chi connectivity index (χ4v) is 9.83. The summed E-state index contributed by atoms with van der Waals surface area (Å²) in [6.45, 7) is 23.2. The van der Waals surface area contributed by atoms with E-state index in [0.717, 1.165) is 17.1 Å². The molecule has 3 heteroatoms. The second kappa shape index (κ2) is 11.5. The molecule has 0 aliphatic rings. The van der Waals surface area contributed by atoms with Gasteiger partial charge in [0, 0.05) is 60.2 Å². The first kappa shape index (κ1) is 35.1. The first-order chi connectivity index (χ1) is 27.6. The average molecular weight is 754 g/mol. The summed E-state index contributed by atoms with van der Waals surface area (Å²) in [6, 6.07) is 48.9. The molecule has 58 heavy (non-hydrogen) atoms. The van der Waals surface area contributed by atoms with E-state index in [9.17, 15) is 0 Å². The second-order valence-electron chi connectivity index (χ2n) is 20.1. The van der Waals surface area contributed by atoms with Crippen molar-refractivity contribution in [2.24, 2.45) is 0 Å². The quantitative estimate of drug-likeness (QED) is 0.175. The lowest BCUT2D eigenvalue weighted by Crippen LogP contribution is -2.11. The predicted octanol–water partition coefficient (Wildman–Crippen LogP) is 15.7. The van der Waals surface area contributed by atoms with Crippen LogP contribution in [0.3, 0.4) is 0 Å². The lowest BCUT2D eigenvalue weighted by Gasteiger charge is -2.26. The fourth-order valence-electron chi connectivity index (χ4n) is 9.83. The van der Waals surface area contributed by atoms with Crippen LogP contribution < -0.4 is 4.90 Å². The van der Waals surface area contributed by atoms with Crippen molar-refractivity contribution in [3.05, 3.63) is 150 Å². The van der Waals surface area contributed by atoms with Crippen LogP contribution in [0.4, 0.5) is 17.1 Å². The number of hydrogen-bond donors (Lipinski definition) is 0. The van der Waals surface area contributed by atoms with E-state index < -0.39 is 0 Å². The molecule has 0 unspecified atom stereocenters. The van der Waals surface area contributed by atoms with Gasteiger partial charge in [-0.1, -0.05) is 105 Å². The zero-order valence-corrected chi connectivity index (χ0v) is 35.5. The van der Waals surface area contributed by atoms with Crippen LogP contribution in [-0.2, 0) is 16.2 Å². The van der Waals surface area contributed by atoms with Crippen molar-refractivity contribution in [1.29, 1.82) is 0 Å². The highest BCUT2D eigenvalue weighted by Crippen LogP contribution is 2.48. The summed E-state index contributed by atoms with van der Waals surface area (Å²) in [7, 11) is 0. The molecular weight excluding hydrogens is 703 g/mol. The van der Waals surface area contributed by atoms with Crippen molar-refractivity contribution >= 4 is 93.3 Å². The van der Waals surface area contributed by atoms with Crippen LogP contribution in [0.25, 0.3) is 76.2 Å². The van der Waals surface area contributed by atoms with Crippen LogP contribution in [0.1, 0.15) is 84.6 Å². The molecule has 11 rings (SSSR count). The Hall–Kier alpha value is -6.06. The molecule has 0 bridgehead atoms. The molecule has 4 aromatic heterocycles. The van der Waals surface area contributed by atoms with Crippen molar-refractivity contribution in [3.63, 3.8) is 0 Å². The highest BCUT2D eigenvalue weighted by molar-refractivity contribution is 6.29. The van der Waals surface area contributed by atoms with Gasteiger partial charge in [-0.2, -0.15) is 0 Å². The monoisotopic (exact) mass is 753 g/mol. The summed E-state index contributed by atoms with van der Waals surface area (Å²) in [5.41, 5.74) is 16.5. The molecular formula is C55H51N3. The highest BCUT2D eigenvalue weighted by Gasteiger charge is 2.28. The molecule has 4 heterocycles. The van der Waals surface area contributed by atoms with Gasteiger partial charge in [0.2, 0.25) is 0 Å². The molecule has 11 aromatic rings. The highest BCUT2D eigenvalue weighted by atomic mass is 15.1. The first-order valence-electron chi connectivity index (χ1n) is 20.9. The van der Waals surface area contributed by atoms with Crippen molar-refractivity contribution in [1.82, 2.24) is 8.80 Å². The summed E-state index contributed by atoms with van der Waals surface area (Å²) >= 11 is 0. The van der Waals surface area contributed by atoms with Gasteiger partial charge in [0.25, 0.3) is 0 Å². The van der Waals surface area contributed by atoms with Crippen LogP contribution in [-0.4, -0.2) is 8.80 Å². The molecule has 0 saturated carbocycles. The Morgan fingerprint density at radius 3 is 1.36 bits per heavy atom. The molecule has 286 valence electrons. The van der Waals surface area contributed by atoms with Crippen molar-refractivity contribution in [2.75, 3.05) is 4.90 Å². The smallest absolute Gasteiger partial charge is 0.0620 e. The number of anilines is 3. The number of aromatic nitrogens is 2. The van der Waals surface area contributed by atoms with E-state index in [1.807, 2.05) is 0 Å². The Kier molecular flexibility index (Phi) is 6.99. The average Bonchev–Trinajstić information content (AvgIpc) is 3.89. The summed E-state index contributed by atoms with van der Waals surface area (Å²) in [6.07, 6.45) is 0. The number of hydrogen-bond acceptors (Lipinski definition) is 1. The van der Waals surface area contributed by atoms with Gasteiger partial charge in [0.15, 0.2) is 0 Å². The summed E-state index contributed by atoms with van der Waals surface area (Å²) in [5.74, 6) is 0. The van der Waals surface area contributed by atoms with Crippen molar-refractivity contribution < 1.29 is 0 Å². The zero-order valence-electron chi connectivity index (χ0n) is 35.5. The molecule has 0 saturated heterocycles. The van der Waals surface area contributed by atoms with Gasteiger partial charge in [-0.25, -0.2) is 0 Å². The van der Waals surface area contributed by atoms with E-state index in [-0.39, 0.29) is 16.2 Å². The summed E-state index contributed by atoms with van der Waals surface area (Å²) in [5, 5.41) is 10.6. The van der Waals surface area contributed by atoms with Crippen LogP contribution in [0.5, 0.6) is 0 Å². The van der Waals surface area contributed by atoms with Gasteiger partial charge in [-0.15, -0.1) is 0 Å². The van der Waals surface area contributed by atoms with Gasteiger partial charge in [0.05, 0.1) is 33.1 Å². The Morgan fingerprint density at radius 1 is 0.345 bits per heavy atom. The minimum atomic E-state index is -0.0129. The number of para-hydroxylation sites is 1. The maximum absolute atomic E-state index is 2.58. The Morgan fingerprint density at radius 2 is 0.810 bits per heavy atom.